The van der Waals surface area contributed by atoms with E-state index >= 15 is 0 Å². The summed E-state index contributed by atoms with van der Waals surface area (Å²) >= 11 is 1.73. The number of aromatic nitrogens is 1. The van der Waals surface area contributed by atoms with Crippen LogP contribution in [0.1, 0.15) is 15.6 Å². The molecule has 1 atom stereocenters. The largest absolute Gasteiger partial charge is 0.374 e. The molecule has 1 aliphatic heterocycles. The van der Waals surface area contributed by atoms with E-state index < -0.39 is 0 Å². The van der Waals surface area contributed by atoms with Crippen molar-refractivity contribution in [2.45, 2.75) is 26.5 Å². The Morgan fingerprint density at radius 1 is 1.48 bits per heavy atom. The first-order valence-electron chi connectivity index (χ1n) is 7.26. The normalized spacial score (nSPS) is 20.6. The summed E-state index contributed by atoms with van der Waals surface area (Å²) < 4.78 is 5.73. The maximum Gasteiger partial charge on any atom is 0.191 e. The van der Waals surface area contributed by atoms with E-state index in [1.807, 2.05) is 6.92 Å². The van der Waals surface area contributed by atoms with Gasteiger partial charge in [-0.2, -0.15) is 0 Å². The molecule has 1 unspecified atom stereocenters. The first kappa shape index (κ1) is 16.2. The van der Waals surface area contributed by atoms with Crippen LogP contribution < -0.4 is 10.6 Å². The van der Waals surface area contributed by atoms with Crippen LogP contribution in [0.4, 0.5) is 0 Å². The van der Waals surface area contributed by atoms with Crippen molar-refractivity contribution in [2.24, 2.45) is 4.99 Å². The van der Waals surface area contributed by atoms with Crippen LogP contribution in [0.2, 0.25) is 0 Å². The number of hydrogen-bond donors (Lipinski definition) is 2. The SMILES string of the molecule is CN=C(NCc1nc(C)c(C)s1)NCC1CN(C)CCO1. The Labute approximate surface area is 130 Å². The molecule has 2 N–H and O–H groups in total. The standard InChI is InChI=1S/C14H25N5OS/c1-10-11(2)21-13(18-10)8-17-14(15-3)16-7-12-9-19(4)5-6-20-12/h12H,5-9H2,1-4H3,(H2,15,16,17). The lowest BCUT2D eigenvalue weighted by atomic mass is 10.3. The van der Waals surface area contributed by atoms with Gasteiger partial charge in [-0.1, -0.05) is 0 Å². The number of hydrogen-bond acceptors (Lipinski definition) is 5. The minimum Gasteiger partial charge on any atom is -0.374 e. The average molecular weight is 311 g/mol. The molecule has 2 rings (SSSR count). The van der Waals surface area contributed by atoms with E-state index in [4.69, 9.17) is 4.74 Å². The predicted molar refractivity (Wildman–Crippen MR) is 87.0 cm³/mol. The third-order valence-corrected chi connectivity index (χ3v) is 4.62. The molecule has 2 heterocycles. The Balaban J connectivity index is 1.75. The third-order valence-electron chi connectivity index (χ3n) is 3.54. The first-order chi connectivity index (χ1) is 10.1. The lowest BCUT2D eigenvalue weighted by Crippen LogP contribution is -2.48. The number of rotatable bonds is 4. The van der Waals surface area contributed by atoms with Crippen molar-refractivity contribution in [1.29, 1.82) is 0 Å². The molecule has 0 bridgehead atoms. The van der Waals surface area contributed by atoms with Gasteiger partial charge < -0.3 is 20.3 Å². The van der Waals surface area contributed by atoms with Crippen molar-refractivity contribution in [2.75, 3.05) is 40.3 Å². The highest BCUT2D eigenvalue weighted by molar-refractivity contribution is 7.11. The molecule has 1 aromatic rings. The van der Waals surface area contributed by atoms with Crippen LogP contribution in [-0.4, -0.2) is 62.3 Å². The van der Waals surface area contributed by atoms with Crippen molar-refractivity contribution in [3.05, 3.63) is 15.6 Å². The number of ether oxygens (including phenoxy) is 1. The van der Waals surface area contributed by atoms with Gasteiger partial charge in [-0.25, -0.2) is 4.98 Å². The molecule has 6 nitrogen and oxygen atoms in total. The molecule has 0 aromatic carbocycles. The highest BCUT2D eigenvalue weighted by Crippen LogP contribution is 2.15. The summed E-state index contributed by atoms with van der Waals surface area (Å²) in [5.74, 6) is 0.789. The van der Waals surface area contributed by atoms with Crippen molar-refractivity contribution in [3.63, 3.8) is 0 Å². The van der Waals surface area contributed by atoms with E-state index in [0.29, 0.717) is 6.54 Å². The lowest BCUT2D eigenvalue weighted by molar-refractivity contribution is -0.0161. The van der Waals surface area contributed by atoms with Crippen molar-refractivity contribution < 1.29 is 4.74 Å². The summed E-state index contributed by atoms with van der Waals surface area (Å²) in [6, 6.07) is 0. The molecular weight excluding hydrogens is 286 g/mol. The molecule has 0 spiro atoms. The van der Waals surface area contributed by atoms with Crippen LogP contribution >= 0.6 is 11.3 Å². The quantitative estimate of drug-likeness (QED) is 0.635. The minimum absolute atomic E-state index is 0.214. The number of nitrogens with one attached hydrogen (secondary N) is 2. The Bertz CT molecular complexity index is 468. The molecule has 118 valence electrons. The van der Waals surface area contributed by atoms with Gasteiger partial charge in [0.1, 0.15) is 5.01 Å². The molecule has 0 amide bonds. The second-order valence-electron chi connectivity index (χ2n) is 5.31. The van der Waals surface area contributed by atoms with E-state index in [2.05, 4.69) is 39.5 Å². The molecule has 7 heteroatoms. The highest BCUT2D eigenvalue weighted by Gasteiger charge is 2.17. The average Bonchev–Trinajstić information content (AvgIpc) is 2.78. The molecule has 0 aliphatic carbocycles. The summed E-state index contributed by atoms with van der Waals surface area (Å²) in [5.41, 5.74) is 1.11. The summed E-state index contributed by atoms with van der Waals surface area (Å²) in [5, 5.41) is 7.69. The Kier molecular flexibility index (Phi) is 5.96. The fourth-order valence-corrected chi connectivity index (χ4v) is 3.07. The molecule has 1 saturated heterocycles. The smallest absolute Gasteiger partial charge is 0.191 e. The fraction of sp³-hybridized carbons (Fsp3) is 0.714. The molecule has 1 aromatic heterocycles. The summed E-state index contributed by atoms with van der Waals surface area (Å²) in [6.45, 7) is 8.36. The number of guanidine groups is 1. The number of morpholine rings is 1. The fourth-order valence-electron chi connectivity index (χ4n) is 2.20. The van der Waals surface area contributed by atoms with Gasteiger partial charge in [0.15, 0.2) is 5.96 Å². The summed E-state index contributed by atoms with van der Waals surface area (Å²) in [6.07, 6.45) is 0.214. The van der Waals surface area contributed by atoms with Gasteiger partial charge in [0.2, 0.25) is 0 Å². The second-order valence-corrected chi connectivity index (χ2v) is 6.60. The summed E-state index contributed by atoms with van der Waals surface area (Å²) in [7, 11) is 3.90. The molecule has 0 radical (unpaired) electrons. The highest BCUT2D eigenvalue weighted by atomic mass is 32.1. The third kappa shape index (κ3) is 4.94. The molecule has 1 fully saturated rings. The van der Waals surface area contributed by atoms with Gasteiger partial charge in [-0.15, -0.1) is 11.3 Å². The van der Waals surface area contributed by atoms with Crippen molar-refractivity contribution in [3.8, 4) is 0 Å². The number of aryl methyl sites for hydroxylation is 2. The van der Waals surface area contributed by atoms with Crippen LogP contribution in [0, 0.1) is 13.8 Å². The monoisotopic (exact) mass is 311 g/mol. The zero-order chi connectivity index (χ0) is 15.2. The van der Waals surface area contributed by atoms with Gasteiger partial charge in [0.05, 0.1) is 24.9 Å². The maximum atomic E-state index is 5.73. The Morgan fingerprint density at radius 3 is 2.90 bits per heavy atom. The number of thiazole rings is 1. The van der Waals surface area contributed by atoms with Crippen molar-refractivity contribution >= 4 is 17.3 Å². The second kappa shape index (κ2) is 7.72. The lowest BCUT2D eigenvalue weighted by Gasteiger charge is -2.30. The van der Waals surface area contributed by atoms with Crippen LogP contribution in [0.3, 0.4) is 0 Å². The van der Waals surface area contributed by atoms with Gasteiger partial charge in [0, 0.05) is 31.6 Å². The predicted octanol–water partition coefficient (Wildman–Crippen LogP) is 0.756. The maximum absolute atomic E-state index is 5.73. The van der Waals surface area contributed by atoms with Gasteiger partial charge in [0.25, 0.3) is 0 Å². The van der Waals surface area contributed by atoms with E-state index in [1.54, 1.807) is 18.4 Å². The number of nitrogens with zero attached hydrogens (tertiary/aromatic N) is 3. The zero-order valence-electron chi connectivity index (χ0n) is 13.3. The topological polar surface area (TPSA) is 61.8 Å². The Hall–Kier alpha value is -1.18. The zero-order valence-corrected chi connectivity index (χ0v) is 14.1. The first-order valence-corrected chi connectivity index (χ1v) is 8.07. The van der Waals surface area contributed by atoms with Gasteiger partial charge in [-0.3, -0.25) is 4.99 Å². The summed E-state index contributed by atoms with van der Waals surface area (Å²) in [4.78, 5) is 12.3. The minimum atomic E-state index is 0.214. The van der Waals surface area contributed by atoms with Gasteiger partial charge in [-0.05, 0) is 20.9 Å². The number of likely N-dealkylation sites (N-methyl/N-ethyl adjacent to an activating group) is 1. The van der Waals surface area contributed by atoms with Crippen molar-refractivity contribution in [1.82, 2.24) is 20.5 Å². The van der Waals surface area contributed by atoms with Crippen LogP contribution in [-0.2, 0) is 11.3 Å². The molecule has 21 heavy (non-hydrogen) atoms. The van der Waals surface area contributed by atoms with Gasteiger partial charge >= 0.3 is 0 Å². The Morgan fingerprint density at radius 2 is 2.29 bits per heavy atom. The van der Waals surface area contributed by atoms with E-state index in [9.17, 15) is 0 Å². The van der Waals surface area contributed by atoms with Crippen LogP contribution in [0.5, 0.6) is 0 Å². The number of aliphatic imine (C=N–C) groups is 1. The molecular formula is C14H25N5OS. The van der Waals surface area contributed by atoms with E-state index in [-0.39, 0.29) is 6.10 Å². The van der Waals surface area contributed by atoms with E-state index in [0.717, 1.165) is 42.9 Å². The van der Waals surface area contributed by atoms with Crippen LogP contribution in [0.15, 0.2) is 4.99 Å². The van der Waals surface area contributed by atoms with Crippen LogP contribution in [0.25, 0.3) is 0 Å². The molecule has 0 saturated carbocycles. The van der Waals surface area contributed by atoms with E-state index in [1.165, 1.54) is 4.88 Å². The molecule has 1 aliphatic rings.